The maximum absolute atomic E-state index is 13.5. The number of ketones is 1. The van der Waals surface area contributed by atoms with E-state index < -0.39 is 229 Å². The van der Waals surface area contributed by atoms with Crippen molar-refractivity contribution in [2.45, 2.75) is 290 Å². The minimum atomic E-state index is -2.13. The molecule has 0 aliphatic carbocycles. The Morgan fingerprint density at radius 1 is 0.642 bits per heavy atom. The average Bonchev–Trinajstić information content (AvgIpc) is 1.59. The number of ether oxygens (including phenoxy) is 22. The number of unbranched alkanes of at least 4 members (excludes halogenated alkanes) is 1. The quantitative estimate of drug-likeness (QED) is 0.0959. The molecule has 10 aliphatic heterocycles. The van der Waals surface area contributed by atoms with Gasteiger partial charge >= 0.3 is 17.9 Å². The molecular weight excluding hydrogens is 1320 g/mol. The van der Waals surface area contributed by atoms with Gasteiger partial charge in [0, 0.05) is 40.6 Å². The van der Waals surface area contributed by atoms with Gasteiger partial charge in [0.05, 0.1) is 67.4 Å². The van der Waals surface area contributed by atoms with E-state index >= 15 is 0 Å². The van der Waals surface area contributed by atoms with Gasteiger partial charge in [-0.25, -0.2) is 4.79 Å². The van der Waals surface area contributed by atoms with E-state index in [-0.39, 0.29) is 56.3 Å². The standard InChI is InChI=1S/C61H88Cl2O32/c1-13-14-15-33(67)84-50-47-32(92-61(93-47)53-52(78-21-79-53)60(73,27(7)64)28(8)91-61)20-77-56(50)89-57-49(76-12)41(70)46(31(83-57)19-74-10)88-55-42(71)48(45(75-11)24(4)82-55)86-35-18-58(9)51(26(6)81-35)94-59(95-58)17-30(66)44(25(5)90-59)85-34-16-29(65)43(23(3)80-34)87-54(72)36-22(2)37(62)40(69)38(63)39(36)68/h23-26,28-32,34-35,41-53,55-57,65-66,68-71,73H,13-21H2,1-12H3/t23-,24-,25-,26-,28-,29-,30-,31-,32+,34+,35+,41+,42-,43-,44-,45+,46-,47-,48-,49+,50-,51-,52-,53-,55+,56-,57+,58-,59?,60+,61-/m1/s1. The highest BCUT2D eigenvalue weighted by Crippen LogP contribution is 2.53. The highest BCUT2D eigenvalue weighted by atomic mass is 35.5. The van der Waals surface area contributed by atoms with Gasteiger partial charge in [-0.05, 0) is 67.4 Å². The summed E-state index contributed by atoms with van der Waals surface area (Å²) in [7, 11) is 4.10. The topological polar surface area (TPSA) is 396 Å². The van der Waals surface area contributed by atoms with Crippen molar-refractivity contribution in [3.05, 3.63) is 21.2 Å². The van der Waals surface area contributed by atoms with Gasteiger partial charge < -0.3 is 140 Å². The van der Waals surface area contributed by atoms with Crippen molar-refractivity contribution in [1.29, 1.82) is 0 Å². The molecule has 0 bridgehead atoms. The molecule has 0 aromatic heterocycles. The third-order valence-corrected chi connectivity index (χ3v) is 20.3. The SMILES string of the molecule is CCCCC(=O)O[C@H]1[C@@H](O[C@@H]2O[C@H](COC)[C@@H](O[C@@H]3O[C@H](C)[C@H](OC)[C@H](O[C@H]4C[C@@]5(C)OC6(C[C@@H](O)[C@H](O[C@H]7C[C@@H](O)[C@H](OC(=O)c8c(C)c(Cl)c(O)c(Cl)c8O)[C@@H](C)O7)[C@@H](C)O6)O[C@@H]5[C@@H](C)O4)[C@H]3O)[C@H](O)[C@@H]2OC)OC[C@@H]2O[C@]3(O[C@@H]12)O[C@H](C)[C@@](O)(C(C)=O)[C@@H]1OCO[C@H]13. The van der Waals surface area contributed by atoms with Gasteiger partial charge in [0.25, 0.3) is 5.97 Å². The molecule has 2 spiro atoms. The molecule has 1 unspecified atom stereocenters. The molecule has 10 saturated heterocycles. The van der Waals surface area contributed by atoms with E-state index in [4.69, 9.17) is 127 Å². The lowest BCUT2D eigenvalue weighted by Crippen LogP contribution is -2.72. The number of fused-ring (bicyclic) bond motifs is 4. The number of hydrogen-bond donors (Lipinski definition) is 7. The molecule has 10 heterocycles. The number of hydrogen-bond acceptors (Lipinski definition) is 32. The normalized spacial score (nSPS) is 47.3. The van der Waals surface area contributed by atoms with Crippen LogP contribution in [0.3, 0.4) is 0 Å². The molecule has 32 nitrogen and oxygen atoms in total. The maximum Gasteiger partial charge on any atom is 0.342 e. The van der Waals surface area contributed by atoms with Crippen molar-refractivity contribution in [3.63, 3.8) is 0 Å². The van der Waals surface area contributed by atoms with Gasteiger partial charge in [-0.3, -0.25) is 9.59 Å². The summed E-state index contributed by atoms with van der Waals surface area (Å²) in [6.07, 6.45) is -31.9. The van der Waals surface area contributed by atoms with Crippen molar-refractivity contribution in [3.8, 4) is 11.5 Å². The molecular formula is C61H88Cl2O32. The molecule has 34 heteroatoms. The summed E-state index contributed by atoms with van der Waals surface area (Å²) in [6.45, 7) is 13.5. The largest absolute Gasteiger partial charge is 0.505 e. The Kier molecular flexibility index (Phi) is 22.2. The van der Waals surface area contributed by atoms with E-state index in [1.54, 1.807) is 27.7 Å². The van der Waals surface area contributed by atoms with Crippen LogP contribution in [0.1, 0.15) is 110 Å². The van der Waals surface area contributed by atoms with Crippen molar-refractivity contribution < 1.29 is 154 Å². The Hall–Kier alpha value is -2.99. The predicted molar refractivity (Wildman–Crippen MR) is 313 cm³/mol. The summed E-state index contributed by atoms with van der Waals surface area (Å²) in [4.78, 5) is 39.7. The number of halogens is 2. The minimum Gasteiger partial charge on any atom is -0.505 e. The fourth-order valence-corrected chi connectivity index (χ4v) is 15.1. The van der Waals surface area contributed by atoms with Gasteiger partial charge in [0.15, 0.2) is 66.4 Å². The van der Waals surface area contributed by atoms with Crippen LogP contribution in [0.2, 0.25) is 10.0 Å². The summed E-state index contributed by atoms with van der Waals surface area (Å²) >= 11 is 12.1. The zero-order valence-electron chi connectivity index (χ0n) is 54.5. The maximum atomic E-state index is 13.5. The molecule has 1 aromatic rings. The number of Topliss-reactive ketones (excluding diaryl/α,β-unsaturated/α-hetero) is 1. The first-order chi connectivity index (χ1) is 45.0. The van der Waals surface area contributed by atoms with E-state index in [0.717, 1.165) is 0 Å². The molecule has 1 aromatic carbocycles. The van der Waals surface area contributed by atoms with Crippen LogP contribution >= 0.6 is 23.2 Å². The number of rotatable bonds is 19. The lowest BCUT2D eigenvalue weighted by molar-refractivity contribution is -0.428. The second kappa shape index (κ2) is 28.8. The van der Waals surface area contributed by atoms with Crippen molar-refractivity contribution in [2.75, 3.05) is 41.3 Å². The highest BCUT2D eigenvalue weighted by molar-refractivity contribution is 6.39. The van der Waals surface area contributed by atoms with Crippen LogP contribution in [-0.4, -0.2) is 284 Å². The second-order valence-corrected chi connectivity index (χ2v) is 26.8. The first-order valence-electron chi connectivity index (χ1n) is 31.9. The summed E-state index contributed by atoms with van der Waals surface area (Å²) in [5, 5.41) is 79.0. The highest BCUT2D eigenvalue weighted by Gasteiger charge is 2.73. The van der Waals surface area contributed by atoms with Crippen molar-refractivity contribution in [2.24, 2.45) is 0 Å². The van der Waals surface area contributed by atoms with E-state index in [2.05, 4.69) is 0 Å². The third kappa shape index (κ3) is 13.6. The van der Waals surface area contributed by atoms with Crippen LogP contribution in [0.4, 0.5) is 0 Å². The summed E-state index contributed by atoms with van der Waals surface area (Å²) < 4.78 is 136. The Balaban J connectivity index is 0.724. The molecule has 538 valence electrons. The molecule has 0 saturated carbocycles. The zero-order chi connectivity index (χ0) is 68.7. The van der Waals surface area contributed by atoms with Gasteiger partial charge in [-0.15, -0.1) is 0 Å². The number of aliphatic hydroxyl groups is 5. The monoisotopic (exact) mass is 1400 g/mol. The van der Waals surface area contributed by atoms with Crippen LogP contribution < -0.4 is 0 Å². The lowest BCUT2D eigenvalue weighted by atomic mass is 9.81. The number of methoxy groups -OCH3 is 3. The van der Waals surface area contributed by atoms with Gasteiger partial charge in [0.1, 0.15) is 96.2 Å². The van der Waals surface area contributed by atoms with Gasteiger partial charge in [-0.1, -0.05) is 36.5 Å². The first kappa shape index (κ1) is 73.2. The number of benzene rings is 1. The predicted octanol–water partition coefficient (Wildman–Crippen LogP) is 1.28. The number of aromatic hydroxyl groups is 2. The number of phenolic OH excluding ortho intramolecular Hbond substituents is 2. The number of phenols is 2. The number of esters is 2. The van der Waals surface area contributed by atoms with Crippen molar-refractivity contribution >= 4 is 40.9 Å². The lowest BCUT2D eigenvalue weighted by Gasteiger charge is -2.49. The number of carbonyl (C=O) groups excluding carboxylic acids is 3. The molecule has 11 rings (SSSR count). The summed E-state index contributed by atoms with van der Waals surface area (Å²) in [5.74, 6) is -7.60. The Morgan fingerprint density at radius 3 is 2.01 bits per heavy atom. The fraction of sp³-hybridized carbons (Fsp3) is 0.852. The van der Waals surface area contributed by atoms with Crippen LogP contribution in [0.15, 0.2) is 0 Å². The second-order valence-electron chi connectivity index (χ2n) is 26.0. The third-order valence-electron chi connectivity index (χ3n) is 19.5. The Morgan fingerprint density at radius 2 is 1.34 bits per heavy atom. The molecule has 95 heavy (non-hydrogen) atoms. The molecule has 7 N–H and O–H groups in total. The minimum absolute atomic E-state index is 0.00286. The van der Waals surface area contributed by atoms with E-state index in [1.807, 2.05) is 6.92 Å². The molecule has 31 atom stereocenters. The van der Waals surface area contributed by atoms with Gasteiger partial charge in [-0.2, -0.15) is 0 Å². The average molecular weight is 1400 g/mol. The molecule has 10 aliphatic rings. The smallest absolute Gasteiger partial charge is 0.342 e. The summed E-state index contributed by atoms with van der Waals surface area (Å²) in [5.41, 5.74) is -3.74. The molecule has 0 amide bonds. The first-order valence-corrected chi connectivity index (χ1v) is 32.7. The van der Waals surface area contributed by atoms with Crippen molar-refractivity contribution in [1.82, 2.24) is 0 Å². The summed E-state index contributed by atoms with van der Waals surface area (Å²) in [6, 6.07) is 0. The van der Waals surface area contributed by atoms with Crippen LogP contribution in [0, 0.1) is 6.92 Å². The van der Waals surface area contributed by atoms with E-state index in [1.165, 1.54) is 49.0 Å². The molecule has 0 radical (unpaired) electrons. The fourth-order valence-electron chi connectivity index (χ4n) is 14.6. The van der Waals surface area contributed by atoms with E-state index in [0.29, 0.717) is 12.8 Å². The van der Waals surface area contributed by atoms with Crippen LogP contribution in [-0.2, 0) is 114 Å². The van der Waals surface area contributed by atoms with Gasteiger partial charge in [0.2, 0.25) is 6.29 Å². The number of aliphatic hydroxyl groups excluding tert-OH is 4. The Bertz CT molecular complexity index is 2840. The van der Waals surface area contributed by atoms with E-state index in [9.17, 15) is 50.1 Å². The zero-order valence-corrected chi connectivity index (χ0v) is 56.1. The van der Waals surface area contributed by atoms with Crippen LogP contribution in [0.25, 0.3) is 0 Å². The Labute approximate surface area is 557 Å². The molecule has 10 fully saturated rings. The van der Waals surface area contributed by atoms with Crippen LogP contribution in [0.5, 0.6) is 11.5 Å². The number of carbonyl (C=O) groups is 3.